The van der Waals surface area contributed by atoms with Crippen molar-refractivity contribution in [2.75, 3.05) is 50.0 Å². The van der Waals surface area contributed by atoms with Crippen molar-refractivity contribution in [1.82, 2.24) is 24.3 Å². The molecule has 252 valence electrons. The molecule has 11 nitrogen and oxygen atoms in total. The van der Waals surface area contributed by atoms with Crippen molar-refractivity contribution < 1.29 is 19.1 Å². The lowest BCUT2D eigenvalue weighted by atomic mass is 10.1. The Morgan fingerprint density at radius 1 is 0.837 bits per heavy atom. The molecule has 5 aromatic rings. The van der Waals surface area contributed by atoms with E-state index in [1.165, 1.54) is 0 Å². The number of nitrogens with zero attached hydrogens (tertiary/aromatic N) is 4. The third kappa shape index (κ3) is 8.32. The van der Waals surface area contributed by atoms with Crippen molar-refractivity contribution in [3.05, 3.63) is 113 Å². The summed E-state index contributed by atoms with van der Waals surface area (Å²) in [5, 5.41) is 9.87. The molecule has 1 fully saturated rings. The second-order valence-corrected chi connectivity index (χ2v) is 12.4. The molecule has 3 aromatic heterocycles. The van der Waals surface area contributed by atoms with Gasteiger partial charge in [-0.05, 0) is 61.4 Å². The predicted octanol–water partition coefficient (Wildman–Crippen LogP) is 5.69. The highest BCUT2D eigenvalue weighted by Crippen LogP contribution is 2.22. The first-order chi connectivity index (χ1) is 23.7. The van der Waals surface area contributed by atoms with E-state index in [1.807, 2.05) is 73.2 Å². The molecule has 6 rings (SSSR count). The van der Waals surface area contributed by atoms with Crippen molar-refractivity contribution >= 4 is 52.2 Å². The van der Waals surface area contributed by atoms with Crippen LogP contribution in [-0.2, 0) is 11.8 Å². The van der Waals surface area contributed by atoms with Crippen LogP contribution in [0, 0.1) is 0 Å². The van der Waals surface area contributed by atoms with Gasteiger partial charge >= 0.3 is 0 Å². The maximum atomic E-state index is 13.3. The number of rotatable bonds is 11. The van der Waals surface area contributed by atoms with Crippen molar-refractivity contribution in [1.29, 1.82) is 0 Å². The van der Waals surface area contributed by atoms with E-state index in [-0.39, 0.29) is 23.8 Å². The van der Waals surface area contributed by atoms with Crippen molar-refractivity contribution in [3.63, 3.8) is 0 Å². The number of fused-ring (bicyclic) bond motifs is 1. The number of hydrogen-bond donors (Lipinski definition) is 3. The molecule has 0 bridgehead atoms. The quantitative estimate of drug-likeness (QED) is 0.168. The fourth-order valence-corrected chi connectivity index (χ4v) is 5.77. The molecule has 1 aliphatic heterocycles. The molecule has 11 heteroatoms. The number of carbonyl (C=O) groups excluding carboxylic acids is 3. The number of benzene rings is 2. The van der Waals surface area contributed by atoms with Gasteiger partial charge in [-0.2, -0.15) is 0 Å². The van der Waals surface area contributed by atoms with Crippen LogP contribution in [0.5, 0.6) is 0 Å². The second-order valence-electron chi connectivity index (χ2n) is 12.4. The zero-order valence-corrected chi connectivity index (χ0v) is 28.0. The molecule has 2 aromatic carbocycles. The minimum absolute atomic E-state index is 0.00879. The predicted molar refractivity (Wildman–Crippen MR) is 193 cm³/mol. The summed E-state index contributed by atoms with van der Waals surface area (Å²) in [5.41, 5.74) is 5.21. The summed E-state index contributed by atoms with van der Waals surface area (Å²) in [6, 6.07) is 20.7. The van der Waals surface area contributed by atoms with Crippen molar-refractivity contribution in [2.24, 2.45) is 7.05 Å². The molecule has 0 unspecified atom stereocenters. The first-order valence-electron chi connectivity index (χ1n) is 16.5. The van der Waals surface area contributed by atoms with Crippen LogP contribution in [-0.4, -0.2) is 76.1 Å². The van der Waals surface area contributed by atoms with Crippen LogP contribution in [0.25, 0.3) is 23.1 Å². The lowest BCUT2D eigenvalue weighted by Crippen LogP contribution is -2.41. The number of carbonyl (C=O) groups is 3. The van der Waals surface area contributed by atoms with Gasteiger partial charge < -0.3 is 29.8 Å². The Kier molecular flexibility index (Phi) is 10.3. The summed E-state index contributed by atoms with van der Waals surface area (Å²) < 4.78 is 8.89. The number of ether oxygens (including phenoxy) is 1. The third-order valence-corrected chi connectivity index (χ3v) is 8.46. The fourth-order valence-electron chi connectivity index (χ4n) is 5.77. The van der Waals surface area contributed by atoms with Gasteiger partial charge in [-0.3, -0.25) is 24.3 Å². The van der Waals surface area contributed by atoms with Gasteiger partial charge in [-0.25, -0.2) is 0 Å². The monoisotopic (exact) mass is 659 g/mol. The summed E-state index contributed by atoms with van der Waals surface area (Å²) in [7, 11) is 1.74. The van der Waals surface area contributed by atoms with Gasteiger partial charge in [0, 0.05) is 68.8 Å². The number of hydrogen-bond acceptors (Lipinski definition) is 6. The fraction of sp³-hybridized carbons (Fsp3) is 0.263. The zero-order chi connectivity index (χ0) is 34.3. The standard InChI is InChI=1S/C38H41N7O4/c1-26(2)45-25-32(22-35(45)37(47)39-14-15-44-16-18-49-19-17-44)42-38(48)34-21-31(24-43(34)3)41-36(46)29-12-10-27(11-13-29)8-9-28-20-30-6-4-5-7-33(30)40-23-28/h4-13,20-26H,14-19H2,1-3H3,(H,39,47)(H,41,46)(H,42,48)/b9-8+. The largest absolute Gasteiger partial charge is 0.379 e. The van der Waals surface area contributed by atoms with Gasteiger partial charge in [-0.1, -0.05) is 42.5 Å². The number of anilines is 2. The Morgan fingerprint density at radius 3 is 2.31 bits per heavy atom. The lowest BCUT2D eigenvalue weighted by Gasteiger charge is -2.26. The number of aromatic nitrogens is 3. The number of para-hydroxylation sites is 1. The van der Waals surface area contributed by atoms with Gasteiger partial charge in [0.15, 0.2) is 0 Å². The summed E-state index contributed by atoms with van der Waals surface area (Å²) in [6.07, 6.45) is 9.26. The first kappa shape index (κ1) is 33.4. The number of aryl methyl sites for hydroxylation is 1. The third-order valence-electron chi connectivity index (χ3n) is 8.46. The first-order valence-corrected chi connectivity index (χ1v) is 16.5. The van der Waals surface area contributed by atoms with Crippen LogP contribution >= 0.6 is 0 Å². The van der Waals surface area contributed by atoms with Gasteiger partial charge in [0.05, 0.1) is 30.1 Å². The van der Waals surface area contributed by atoms with Crippen LogP contribution in [0.4, 0.5) is 11.4 Å². The number of amides is 3. The summed E-state index contributed by atoms with van der Waals surface area (Å²) in [6.45, 7) is 8.37. The Bertz CT molecular complexity index is 1980. The SMILES string of the molecule is CC(C)n1cc(NC(=O)c2cc(NC(=O)c3ccc(/C=C/c4cnc5ccccc5c4)cc3)cn2C)cc1C(=O)NCCN1CCOCC1. The van der Waals surface area contributed by atoms with Gasteiger partial charge in [0.2, 0.25) is 0 Å². The summed E-state index contributed by atoms with van der Waals surface area (Å²) in [5.74, 6) is -0.844. The molecular formula is C38H41N7O4. The molecule has 0 aliphatic carbocycles. The number of morpholine rings is 1. The van der Waals surface area contributed by atoms with E-state index in [0.29, 0.717) is 48.1 Å². The summed E-state index contributed by atoms with van der Waals surface area (Å²) >= 11 is 0. The lowest BCUT2D eigenvalue weighted by molar-refractivity contribution is 0.0383. The van der Waals surface area contributed by atoms with Crippen LogP contribution in [0.2, 0.25) is 0 Å². The van der Waals surface area contributed by atoms with E-state index in [9.17, 15) is 14.4 Å². The Hall–Kier alpha value is -5.52. The molecule has 0 atom stereocenters. The minimum atomic E-state index is -0.360. The van der Waals surface area contributed by atoms with Crippen LogP contribution < -0.4 is 16.0 Å². The van der Waals surface area contributed by atoms with E-state index >= 15 is 0 Å². The molecule has 0 spiro atoms. The number of nitrogens with one attached hydrogen (secondary N) is 3. The van der Waals surface area contributed by atoms with E-state index in [2.05, 4.69) is 31.9 Å². The van der Waals surface area contributed by atoms with E-state index in [1.54, 1.807) is 48.3 Å². The highest BCUT2D eigenvalue weighted by atomic mass is 16.5. The number of pyridine rings is 1. The highest BCUT2D eigenvalue weighted by Gasteiger charge is 2.20. The topological polar surface area (TPSA) is 123 Å². The van der Waals surface area contributed by atoms with Crippen LogP contribution in [0.1, 0.15) is 62.4 Å². The van der Waals surface area contributed by atoms with Crippen LogP contribution in [0.15, 0.2) is 85.3 Å². The van der Waals surface area contributed by atoms with Crippen molar-refractivity contribution in [2.45, 2.75) is 19.9 Å². The molecule has 0 saturated carbocycles. The molecule has 1 saturated heterocycles. The van der Waals surface area contributed by atoms with Gasteiger partial charge in [-0.15, -0.1) is 0 Å². The Balaban J connectivity index is 1.05. The average molecular weight is 660 g/mol. The van der Waals surface area contributed by atoms with Crippen LogP contribution in [0.3, 0.4) is 0 Å². The maximum absolute atomic E-state index is 13.3. The normalized spacial score (nSPS) is 13.6. The van der Waals surface area contributed by atoms with Crippen molar-refractivity contribution in [3.8, 4) is 0 Å². The molecule has 4 heterocycles. The van der Waals surface area contributed by atoms with E-state index < -0.39 is 0 Å². The zero-order valence-electron chi connectivity index (χ0n) is 28.0. The van der Waals surface area contributed by atoms with Gasteiger partial charge in [0.1, 0.15) is 11.4 Å². The average Bonchev–Trinajstić information content (AvgIpc) is 3.71. The smallest absolute Gasteiger partial charge is 0.272 e. The maximum Gasteiger partial charge on any atom is 0.272 e. The summed E-state index contributed by atoms with van der Waals surface area (Å²) in [4.78, 5) is 46.2. The molecular weight excluding hydrogens is 618 g/mol. The van der Waals surface area contributed by atoms with E-state index in [0.717, 1.165) is 41.7 Å². The molecule has 3 N–H and O–H groups in total. The second kappa shape index (κ2) is 15.1. The molecule has 3 amide bonds. The molecule has 0 radical (unpaired) electrons. The Labute approximate surface area is 285 Å². The molecule has 49 heavy (non-hydrogen) atoms. The van der Waals surface area contributed by atoms with E-state index in [4.69, 9.17) is 4.74 Å². The highest BCUT2D eigenvalue weighted by molar-refractivity contribution is 6.07. The van der Waals surface area contributed by atoms with Gasteiger partial charge in [0.25, 0.3) is 17.7 Å². The Morgan fingerprint density at radius 2 is 1.53 bits per heavy atom. The molecule has 1 aliphatic rings. The minimum Gasteiger partial charge on any atom is -0.379 e.